The van der Waals surface area contributed by atoms with E-state index in [1.807, 2.05) is 13.8 Å². The van der Waals surface area contributed by atoms with E-state index >= 15 is 0 Å². The van der Waals surface area contributed by atoms with Crippen LogP contribution in [0, 0.1) is 11.6 Å². The fourth-order valence-corrected chi connectivity index (χ4v) is 2.59. The van der Waals surface area contributed by atoms with E-state index in [2.05, 4.69) is 5.32 Å². The Morgan fingerprint density at radius 1 is 1.19 bits per heavy atom. The van der Waals surface area contributed by atoms with Gasteiger partial charge in [0, 0.05) is 31.9 Å². The summed E-state index contributed by atoms with van der Waals surface area (Å²) in [7, 11) is 0. The zero-order valence-electron chi connectivity index (χ0n) is 12.5. The Hall–Kier alpha value is -1.85. The number of nitrogens with zero attached hydrogens (tertiary/aromatic N) is 2. The summed E-state index contributed by atoms with van der Waals surface area (Å²) >= 11 is 0. The number of rotatable bonds is 4. The van der Waals surface area contributed by atoms with Crippen molar-refractivity contribution in [1.82, 2.24) is 4.90 Å². The van der Waals surface area contributed by atoms with Gasteiger partial charge in [0.25, 0.3) is 0 Å². The van der Waals surface area contributed by atoms with Gasteiger partial charge in [-0.3, -0.25) is 0 Å². The lowest BCUT2D eigenvalue weighted by Crippen LogP contribution is -2.34. The van der Waals surface area contributed by atoms with E-state index in [9.17, 15) is 13.6 Å². The van der Waals surface area contributed by atoms with Crippen LogP contribution in [0.5, 0.6) is 0 Å². The molecule has 0 atom stereocenters. The Morgan fingerprint density at radius 2 is 1.71 bits per heavy atom. The Balaban J connectivity index is 2.17. The number of carbonyl (C=O) groups is 1. The molecule has 6 heteroatoms. The van der Waals surface area contributed by atoms with Crippen molar-refractivity contribution < 1.29 is 13.6 Å². The van der Waals surface area contributed by atoms with E-state index < -0.39 is 11.6 Å². The first-order valence-electron chi connectivity index (χ1n) is 7.36. The number of benzene rings is 1. The number of carbonyl (C=O) groups excluding carboxylic acids is 1. The number of hydrogen-bond acceptors (Lipinski definition) is 2. The number of urea groups is 1. The van der Waals surface area contributed by atoms with Gasteiger partial charge in [0.15, 0.2) is 11.6 Å². The Labute approximate surface area is 123 Å². The maximum absolute atomic E-state index is 14.1. The van der Waals surface area contributed by atoms with Crippen LogP contribution < -0.4 is 10.2 Å². The fourth-order valence-electron chi connectivity index (χ4n) is 2.59. The SMILES string of the molecule is CCN(CC)C(=O)Nc1cc(F)c(N2CCCC2)c(F)c1. The van der Waals surface area contributed by atoms with Crippen LogP contribution in [0.15, 0.2) is 12.1 Å². The summed E-state index contributed by atoms with van der Waals surface area (Å²) in [5.41, 5.74) is 0.151. The molecule has 0 saturated carbocycles. The molecule has 2 amide bonds. The van der Waals surface area contributed by atoms with Crippen molar-refractivity contribution >= 4 is 17.4 Å². The van der Waals surface area contributed by atoms with Gasteiger partial charge < -0.3 is 15.1 Å². The first kappa shape index (κ1) is 15.5. The van der Waals surface area contributed by atoms with E-state index in [4.69, 9.17) is 0 Å². The lowest BCUT2D eigenvalue weighted by Gasteiger charge is -2.21. The third-order valence-corrected chi connectivity index (χ3v) is 3.74. The van der Waals surface area contributed by atoms with Gasteiger partial charge in [0.2, 0.25) is 0 Å². The molecule has 1 aliphatic heterocycles. The number of hydrogen-bond donors (Lipinski definition) is 1. The normalized spacial score (nSPS) is 14.4. The van der Waals surface area contributed by atoms with Crippen LogP contribution in [-0.4, -0.2) is 37.1 Å². The summed E-state index contributed by atoms with van der Waals surface area (Å²) in [6, 6.07) is 2.00. The fraction of sp³-hybridized carbons (Fsp3) is 0.533. The molecule has 1 N–H and O–H groups in total. The van der Waals surface area contributed by atoms with Gasteiger partial charge in [0.1, 0.15) is 5.69 Å². The average molecular weight is 297 g/mol. The van der Waals surface area contributed by atoms with Crippen molar-refractivity contribution in [2.24, 2.45) is 0 Å². The van der Waals surface area contributed by atoms with Crippen molar-refractivity contribution in [3.63, 3.8) is 0 Å². The van der Waals surface area contributed by atoms with Crippen molar-refractivity contribution in [3.05, 3.63) is 23.8 Å². The highest BCUT2D eigenvalue weighted by atomic mass is 19.1. The molecule has 1 saturated heterocycles. The lowest BCUT2D eigenvalue weighted by molar-refractivity contribution is 0.217. The highest BCUT2D eigenvalue weighted by Gasteiger charge is 2.21. The Morgan fingerprint density at radius 3 is 2.19 bits per heavy atom. The summed E-state index contributed by atoms with van der Waals surface area (Å²) in [4.78, 5) is 15.2. The quantitative estimate of drug-likeness (QED) is 0.924. The van der Waals surface area contributed by atoms with Gasteiger partial charge in [-0.15, -0.1) is 0 Å². The van der Waals surface area contributed by atoms with Gasteiger partial charge >= 0.3 is 6.03 Å². The molecule has 0 aliphatic carbocycles. The maximum atomic E-state index is 14.1. The predicted octanol–water partition coefficient (Wildman–Crippen LogP) is 3.44. The van der Waals surface area contributed by atoms with Crippen LogP contribution in [0.4, 0.5) is 25.0 Å². The highest BCUT2D eigenvalue weighted by Crippen LogP contribution is 2.29. The molecular weight excluding hydrogens is 276 g/mol. The van der Waals surface area contributed by atoms with Crippen molar-refractivity contribution in [3.8, 4) is 0 Å². The molecule has 2 rings (SSSR count). The zero-order valence-corrected chi connectivity index (χ0v) is 12.5. The van der Waals surface area contributed by atoms with Crippen molar-refractivity contribution in [1.29, 1.82) is 0 Å². The second-order valence-electron chi connectivity index (χ2n) is 5.09. The third-order valence-electron chi connectivity index (χ3n) is 3.74. The van der Waals surface area contributed by atoms with E-state index in [0.717, 1.165) is 12.8 Å². The molecule has 0 unspecified atom stereocenters. The second kappa shape index (κ2) is 6.74. The predicted molar refractivity (Wildman–Crippen MR) is 79.7 cm³/mol. The molecule has 1 aromatic rings. The summed E-state index contributed by atoms with van der Waals surface area (Å²) in [6.07, 6.45) is 1.89. The number of halogens is 2. The third kappa shape index (κ3) is 3.43. The molecule has 116 valence electrons. The first-order valence-corrected chi connectivity index (χ1v) is 7.36. The minimum Gasteiger partial charge on any atom is -0.367 e. The molecule has 1 aliphatic rings. The number of amides is 2. The highest BCUT2D eigenvalue weighted by molar-refractivity contribution is 5.89. The molecule has 4 nitrogen and oxygen atoms in total. The van der Waals surface area contributed by atoms with Crippen molar-refractivity contribution in [2.45, 2.75) is 26.7 Å². The summed E-state index contributed by atoms with van der Waals surface area (Å²) < 4.78 is 28.3. The molecule has 21 heavy (non-hydrogen) atoms. The molecule has 0 bridgehead atoms. The second-order valence-corrected chi connectivity index (χ2v) is 5.09. The van der Waals surface area contributed by atoms with Gasteiger partial charge in [0.05, 0.1) is 0 Å². The summed E-state index contributed by atoms with van der Waals surface area (Å²) in [5, 5.41) is 2.53. The van der Waals surface area contributed by atoms with Crippen LogP contribution in [0.1, 0.15) is 26.7 Å². The van der Waals surface area contributed by atoms with Crippen LogP contribution in [0.3, 0.4) is 0 Å². The minimum atomic E-state index is -0.633. The smallest absolute Gasteiger partial charge is 0.321 e. The van der Waals surface area contributed by atoms with Crippen LogP contribution in [0.25, 0.3) is 0 Å². The van der Waals surface area contributed by atoms with Gasteiger partial charge in [-0.2, -0.15) is 0 Å². The monoisotopic (exact) mass is 297 g/mol. The van der Waals surface area contributed by atoms with E-state index in [1.165, 1.54) is 12.1 Å². The molecule has 0 aromatic heterocycles. The standard InChI is InChI=1S/C15H21F2N3O/c1-3-19(4-2)15(21)18-11-9-12(16)14(13(17)10-11)20-7-5-6-8-20/h9-10H,3-8H2,1-2H3,(H,18,21). The Kier molecular flexibility index (Phi) is 4.98. The molecular formula is C15H21F2N3O. The summed E-state index contributed by atoms with van der Waals surface area (Å²) in [6.45, 7) is 6.11. The van der Waals surface area contributed by atoms with Crippen LogP contribution >= 0.6 is 0 Å². The van der Waals surface area contributed by atoms with E-state index in [-0.39, 0.29) is 17.4 Å². The topological polar surface area (TPSA) is 35.6 Å². The van der Waals surface area contributed by atoms with E-state index in [0.29, 0.717) is 26.2 Å². The molecule has 0 spiro atoms. The van der Waals surface area contributed by atoms with E-state index in [1.54, 1.807) is 9.80 Å². The number of nitrogens with one attached hydrogen (secondary N) is 1. The van der Waals surface area contributed by atoms with Gasteiger partial charge in [-0.25, -0.2) is 13.6 Å². The van der Waals surface area contributed by atoms with Gasteiger partial charge in [-0.1, -0.05) is 0 Å². The van der Waals surface area contributed by atoms with Crippen molar-refractivity contribution in [2.75, 3.05) is 36.4 Å². The molecule has 1 heterocycles. The molecule has 1 aromatic carbocycles. The average Bonchev–Trinajstić information content (AvgIpc) is 2.93. The Bertz CT molecular complexity index is 489. The molecule has 1 fully saturated rings. The van der Waals surface area contributed by atoms with Crippen LogP contribution in [-0.2, 0) is 0 Å². The first-order chi connectivity index (χ1) is 10.1. The largest absolute Gasteiger partial charge is 0.367 e. The zero-order chi connectivity index (χ0) is 15.4. The summed E-state index contributed by atoms with van der Waals surface area (Å²) in [5.74, 6) is -1.27. The lowest BCUT2D eigenvalue weighted by atomic mass is 10.2. The van der Waals surface area contributed by atoms with Gasteiger partial charge in [-0.05, 0) is 38.8 Å². The maximum Gasteiger partial charge on any atom is 0.321 e. The molecule has 0 radical (unpaired) electrons. The number of anilines is 2. The van der Waals surface area contributed by atoms with Crippen LogP contribution in [0.2, 0.25) is 0 Å². The minimum absolute atomic E-state index is 0.00772.